The fourth-order valence-electron chi connectivity index (χ4n) is 0.236. The lowest BCUT2D eigenvalue weighted by molar-refractivity contribution is 0.0711. The van der Waals surface area contributed by atoms with Crippen LogP contribution in [0.15, 0.2) is 0 Å². The Labute approximate surface area is 38.5 Å². The Kier molecular flexibility index (Phi) is 3.08. The molecular weight excluding hydrogens is 78.0 g/mol. The van der Waals surface area contributed by atoms with Crippen LogP contribution in [0.4, 0.5) is 0 Å². The van der Waals surface area contributed by atoms with Crippen LogP contribution in [-0.4, -0.2) is 13.2 Å². The van der Waals surface area contributed by atoms with Crippen molar-refractivity contribution in [3.63, 3.8) is 0 Å². The molecule has 0 saturated carbocycles. The Bertz CT molecular complexity index is 28.7. The molecule has 0 rings (SSSR count). The summed E-state index contributed by atoms with van der Waals surface area (Å²) in [6.07, 6.45) is 0. The summed E-state index contributed by atoms with van der Waals surface area (Å²) in [5.41, 5.74) is 2.71. The minimum absolute atomic E-state index is 0.426. The molecule has 0 spiro atoms. The molecule has 2 heteroatoms. The molecule has 38 valence electrons. The van der Waals surface area contributed by atoms with Gasteiger partial charge < -0.3 is 4.84 Å². The third-order valence-electron chi connectivity index (χ3n) is 0.354. The second kappa shape index (κ2) is 3.12. The highest BCUT2D eigenvalue weighted by Gasteiger charge is 1.82. The zero-order valence-electron chi connectivity index (χ0n) is 4.49. The SMILES string of the molecule is CONC(C)C. The minimum Gasteiger partial charge on any atom is -0.305 e. The van der Waals surface area contributed by atoms with Gasteiger partial charge in [-0.25, -0.2) is 5.48 Å². The van der Waals surface area contributed by atoms with E-state index < -0.39 is 0 Å². The molecular formula is C4H11NO. The highest BCUT2D eigenvalue weighted by atomic mass is 16.6. The molecule has 0 unspecified atom stereocenters. The highest BCUT2D eigenvalue weighted by molar-refractivity contribution is 4.36. The molecule has 0 saturated heterocycles. The van der Waals surface area contributed by atoms with Crippen LogP contribution in [0.25, 0.3) is 0 Å². The first-order valence-electron chi connectivity index (χ1n) is 2.06. The maximum atomic E-state index is 4.55. The van der Waals surface area contributed by atoms with E-state index >= 15 is 0 Å². The van der Waals surface area contributed by atoms with E-state index in [-0.39, 0.29) is 0 Å². The summed E-state index contributed by atoms with van der Waals surface area (Å²) in [6.45, 7) is 4.03. The van der Waals surface area contributed by atoms with Crippen LogP contribution in [0.2, 0.25) is 0 Å². The van der Waals surface area contributed by atoms with Crippen molar-refractivity contribution >= 4 is 0 Å². The molecule has 0 amide bonds. The largest absolute Gasteiger partial charge is 0.305 e. The summed E-state index contributed by atoms with van der Waals surface area (Å²) in [6, 6.07) is 0.426. The third-order valence-corrected chi connectivity index (χ3v) is 0.354. The average molecular weight is 89.1 g/mol. The lowest BCUT2D eigenvalue weighted by atomic mass is 10.4. The van der Waals surface area contributed by atoms with Gasteiger partial charge in [0.15, 0.2) is 0 Å². The first kappa shape index (κ1) is 5.92. The van der Waals surface area contributed by atoms with Gasteiger partial charge in [0.05, 0.1) is 7.11 Å². The predicted molar refractivity (Wildman–Crippen MR) is 25.3 cm³/mol. The Hall–Kier alpha value is -0.0800. The molecule has 0 radical (unpaired) electrons. The molecule has 2 nitrogen and oxygen atoms in total. The van der Waals surface area contributed by atoms with Crippen LogP contribution in [0.5, 0.6) is 0 Å². The van der Waals surface area contributed by atoms with Crippen molar-refractivity contribution in [1.29, 1.82) is 0 Å². The first-order valence-corrected chi connectivity index (χ1v) is 2.06. The van der Waals surface area contributed by atoms with Crippen LogP contribution < -0.4 is 5.48 Å². The van der Waals surface area contributed by atoms with Gasteiger partial charge in [-0.15, -0.1) is 0 Å². The molecule has 0 atom stereocenters. The van der Waals surface area contributed by atoms with Crippen molar-refractivity contribution in [3.8, 4) is 0 Å². The van der Waals surface area contributed by atoms with E-state index in [1.165, 1.54) is 0 Å². The molecule has 0 heterocycles. The van der Waals surface area contributed by atoms with Gasteiger partial charge >= 0.3 is 0 Å². The van der Waals surface area contributed by atoms with E-state index in [1.54, 1.807) is 7.11 Å². The number of hydrogen-bond donors (Lipinski definition) is 1. The number of nitrogens with one attached hydrogen (secondary N) is 1. The van der Waals surface area contributed by atoms with Gasteiger partial charge in [-0.2, -0.15) is 0 Å². The Morgan fingerprint density at radius 1 is 1.50 bits per heavy atom. The van der Waals surface area contributed by atoms with Gasteiger partial charge in [0.2, 0.25) is 0 Å². The van der Waals surface area contributed by atoms with Gasteiger partial charge in [0.25, 0.3) is 0 Å². The summed E-state index contributed by atoms with van der Waals surface area (Å²) in [5.74, 6) is 0. The van der Waals surface area contributed by atoms with Crippen LogP contribution in [-0.2, 0) is 4.84 Å². The molecule has 0 aromatic heterocycles. The zero-order valence-corrected chi connectivity index (χ0v) is 4.49. The quantitative estimate of drug-likeness (QED) is 0.499. The lowest BCUT2D eigenvalue weighted by Gasteiger charge is -2.01. The molecule has 0 aromatic carbocycles. The van der Waals surface area contributed by atoms with Gasteiger partial charge in [-0.1, -0.05) is 0 Å². The van der Waals surface area contributed by atoms with Crippen molar-refractivity contribution < 1.29 is 4.84 Å². The van der Waals surface area contributed by atoms with Crippen molar-refractivity contribution in [1.82, 2.24) is 5.48 Å². The fraction of sp³-hybridized carbons (Fsp3) is 1.00. The molecule has 0 aromatic rings. The van der Waals surface area contributed by atoms with Crippen molar-refractivity contribution in [3.05, 3.63) is 0 Å². The number of hydroxylamine groups is 1. The van der Waals surface area contributed by atoms with E-state index in [0.717, 1.165) is 0 Å². The highest BCUT2D eigenvalue weighted by Crippen LogP contribution is 1.70. The zero-order chi connectivity index (χ0) is 4.99. The van der Waals surface area contributed by atoms with E-state index in [4.69, 9.17) is 0 Å². The van der Waals surface area contributed by atoms with Crippen LogP contribution >= 0.6 is 0 Å². The maximum absolute atomic E-state index is 4.55. The van der Waals surface area contributed by atoms with E-state index in [9.17, 15) is 0 Å². The fourth-order valence-corrected chi connectivity index (χ4v) is 0.236. The van der Waals surface area contributed by atoms with Crippen LogP contribution in [0.3, 0.4) is 0 Å². The normalized spacial score (nSPS) is 10.0. The van der Waals surface area contributed by atoms with Gasteiger partial charge in [-0.3, -0.25) is 0 Å². The molecule has 0 aliphatic rings. The summed E-state index contributed by atoms with van der Waals surface area (Å²) in [7, 11) is 1.61. The van der Waals surface area contributed by atoms with Crippen molar-refractivity contribution in [2.45, 2.75) is 19.9 Å². The Morgan fingerprint density at radius 3 is 2.00 bits per heavy atom. The number of hydrogen-bond acceptors (Lipinski definition) is 2. The van der Waals surface area contributed by atoms with Crippen molar-refractivity contribution in [2.75, 3.05) is 7.11 Å². The minimum atomic E-state index is 0.426. The molecule has 0 aliphatic carbocycles. The summed E-state index contributed by atoms with van der Waals surface area (Å²) in [5, 5.41) is 0. The summed E-state index contributed by atoms with van der Waals surface area (Å²) >= 11 is 0. The maximum Gasteiger partial charge on any atom is 0.0572 e. The number of rotatable bonds is 2. The Balaban J connectivity index is 2.63. The second-order valence-corrected chi connectivity index (χ2v) is 1.48. The third kappa shape index (κ3) is 3.92. The van der Waals surface area contributed by atoms with E-state index in [2.05, 4.69) is 10.3 Å². The topological polar surface area (TPSA) is 21.3 Å². The van der Waals surface area contributed by atoms with E-state index in [1.807, 2.05) is 13.8 Å². The van der Waals surface area contributed by atoms with Gasteiger partial charge in [0.1, 0.15) is 0 Å². The van der Waals surface area contributed by atoms with E-state index in [0.29, 0.717) is 6.04 Å². The predicted octanol–water partition coefficient (Wildman–Crippen LogP) is 0.546. The smallest absolute Gasteiger partial charge is 0.0572 e. The molecule has 0 aliphatic heterocycles. The summed E-state index contributed by atoms with van der Waals surface area (Å²) in [4.78, 5) is 4.55. The average Bonchev–Trinajstić information content (AvgIpc) is 1.35. The van der Waals surface area contributed by atoms with Gasteiger partial charge in [0, 0.05) is 6.04 Å². The first-order chi connectivity index (χ1) is 2.77. The standard InChI is InChI=1S/C4H11NO/c1-4(2)5-6-3/h4-5H,1-3H3. The second-order valence-electron chi connectivity index (χ2n) is 1.48. The molecule has 6 heavy (non-hydrogen) atoms. The van der Waals surface area contributed by atoms with Crippen LogP contribution in [0.1, 0.15) is 13.8 Å². The molecule has 0 fully saturated rings. The molecule has 0 bridgehead atoms. The lowest BCUT2D eigenvalue weighted by Crippen LogP contribution is -2.20. The monoisotopic (exact) mass is 89.1 g/mol. The molecule has 1 N–H and O–H groups in total. The van der Waals surface area contributed by atoms with Crippen LogP contribution in [0, 0.1) is 0 Å². The Morgan fingerprint density at radius 2 is 2.00 bits per heavy atom. The van der Waals surface area contributed by atoms with Gasteiger partial charge in [-0.05, 0) is 13.8 Å². The summed E-state index contributed by atoms with van der Waals surface area (Å²) < 4.78 is 0. The van der Waals surface area contributed by atoms with Crippen molar-refractivity contribution in [2.24, 2.45) is 0 Å².